The van der Waals surface area contributed by atoms with Crippen LogP contribution in [0.25, 0.3) is 0 Å². The van der Waals surface area contributed by atoms with Gasteiger partial charge in [0.1, 0.15) is 0 Å². The summed E-state index contributed by atoms with van der Waals surface area (Å²) in [5.41, 5.74) is 0. The quantitative estimate of drug-likeness (QED) is 0.471. The summed E-state index contributed by atoms with van der Waals surface area (Å²) in [4.78, 5) is 10.6. The van der Waals surface area contributed by atoms with E-state index in [0.29, 0.717) is 12.6 Å². The SMILES string of the molecule is CC(CCCC(C)C(=O)O)NCCCCCCO. The monoisotopic (exact) mass is 259 g/mol. The molecule has 2 atom stereocenters. The van der Waals surface area contributed by atoms with Gasteiger partial charge >= 0.3 is 5.97 Å². The van der Waals surface area contributed by atoms with E-state index in [9.17, 15) is 4.79 Å². The van der Waals surface area contributed by atoms with Crippen LogP contribution >= 0.6 is 0 Å². The largest absolute Gasteiger partial charge is 0.481 e. The van der Waals surface area contributed by atoms with Crippen molar-refractivity contribution in [2.45, 2.75) is 64.8 Å². The number of unbranched alkanes of at least 4 members (excludes halogenated alkanes) is 3. The highest BCUT2D eigenvalue weighted by Crippen LogP contribution is 2.09. The molecule has 0 saturated carbocycles. The fourth-order valence-electron chi connectivity index (χ4n) is 1.89. The van der Waals surface area contributed by atoms with Gasteiger partial charge in [0.25, 0.3) is 0 Å². The molecule has 0 saturated heterocycles. The van der Waals surface area contributed by atoms with E-state index in [1.165, 1.54) is 0 Å². The van der Waals surface area contributed by atoms with E-state index in [2.05, 4.69) is 12.2 Å². The molecular weight excluding hydrogens is 230 g/mol. The molecule has 4 heteroatoms. The van der Waals surface area contributed by atoms with Crippen molar-refractivity contribution in [3.8, 4) is 0 Å². The topological polar surface area (TPSA) is 69.6 Å². The summed E-state index contributed by atoms with van der Waals surface area (Å²) < 4.78 is 0. The molecule has 0 fully saturated rings. The molecule has 108 valence electrons. The molecule has 3 N–H and O–H groups in total. The minimum atomic E-state index is -0.695. The van der Waals surface area contributed by atoms with Gasteiger partial charge in [-0.05, 0) is 39.2 Å². The van der Waals surface area contributed by atoms with Gasteiger partial charge in [-0.15, -0.1) is 0 Å². The zero-order chi connectivity index (χ0) is 13.8. The number of aliphatic carboxylic acids is 1. The molecule has 0 heterocycles. The van der Waals surface area contributed by atoms with Gasteiger partial charge in [-0.1, -0.05) is 26.2 Å². The van der Waals surface area contributed by atoms with Crippen molar-refractivity contribution in [3.05, 3.63) is 0 Å². The van der Waals surface area contributed by atoms with Crippen LogP contribution in [-0.2, 0) is 4.79 Å². The normalized spacial score (nSPS) is 14.4. The molecule has 0 spiro atoms. The number of rotatable bonds is 12. The van der Waals surface area contributed by atoms with Crippen LogP contribution in [-0.4, -0.2) is 35.4 Å². The molecule has 0 aromatic heterocycles. The van der Waals surface area contributed by atoms with E-state index in [1.54, 1.807) is 6.92 Å². The van der Waals surface area contributed by atoms with Gasteiger partial charge in [0.15, 0.2) is 0 Å². The summed E-state index contributed by atoms with van der Waals surface area (Å²) in [6.07, 6.45) is 7.08. The molecule has 0 aliphatic carbocycles. The second-order valence-corrected chi connectivity index (χ2v) is 5.16. The molecular formula is C14H29NO3. The molecule has 0 aliphatic heterocycles. The molecule has 18 heavy (non-hydrogen) atoms. The first kappa shape index (κ1) is 17.4. The molecule has 0 aromatic rings. The lowest BCUT2D eigenvalue weighted by atomic mass is 10.0. The lowest BCUT2D eigenvalue weighted by Crippen LogP contribution is -2.27. The summed E-state index contributed by atoms with van der Waals surface area (Å²) in [6.45, 7) is 5.23. The molecule has 0 aromatic carbocycles. The summed E-state index contributed by atoms with van der Waals surface area (Å²) in [5.74, 6) is -0.921. The van der Waals surface area contributed by atoms with E-state index < -0.39 is 5.97 Å². The van der Waals surface area contributed by atoms with Crippen LogP contribution in [0.15, 0.2) is 0 Å². The van der Waals surface area contributed by atoms with E-state index in [4.69, 9.17) is 10.2 Å². The number of hydrogen-bond donors (Lipinski definition) is 3. The number of hydrogen-bond acceptors (Lipinski definition) is 3. The van der Waals surface area contributed by atoms with E-state index in [0.717, 1.165) is 51.5 Å². The van der Waals surface area contributed by atoms with E-state index in [-0.39, 0.29) is 5.92 Å². The van der Waals surface area contributed by atoms with Gasteiger partial charge in [-0.25, -0.2) is 0 Å². The predicted octanol–water partition coefficient (Wildman–Crippen LogP) is 2.41. The Bertz CT molecular complexity index is 209. The smallest absolute Gasteiger partial charge is 0.306 e. The average Bonchev–Trinajstić information content (AvgIpc) is 2.33. The highest BCUT2D eigenvalue weighted by molar-refractivity contribution is 5.69. The number of aliphatic hydroxyl groups is 1. The standard InChI is InChI=1S/C14H29NO3/c1-12(14(17)18)8-7-9-13(2)15-10-5-3-4-6-11-16/h12-13,15-16H,3-11H2,1-2H3,(H,17,18). The van der Waals surface area contributed by atoms with Gasteiger partial charge in [0, 0.05) is 12.6 Å². The maximum absolute atomic E-state index is 10.6. The van der Waals surface area contributed by atoms with Crippen molar-refractivity contribution in [1.82, 2.24) is 5.32 Å². The highest BCUT2D eigenvalue weighted by atomic mass is 16.4. The van der Waals surface area contributed by atoms with Crippen molar-refractivity contribution >= 4 is 5.97 Å². The predicted molar refractivity (Wildman–Crippen MR) is 73.7 cm³/mol. The molecule has 4 nitrogen and oxygen atoms in total. The summed E-state index contributed by atoms with van der Waals surface area (Å²) in [6, 6.07) is 0.462. The van der Waals surface area contributed by atoms with E-state index in [1.807, 2.05) is 0 Å². The molecule has 0 radical (unpaired) electrons. The number of aliphatic hydroxyl groups excluding tert-OH is 1. The van der Waals surface area contributed by atoms with Crippen LogP contribution in [0.3, 0.4) is 0 Å². The Morgan fingerprint density at radius 2 is 1.72 bits per heavy atom. The third-order valence-electron chi connectivity index (χ3n) is 3.27. The number of carbonyl (C=O) groups is 1. The van der Waals surface area contributed by atoms with Crippen LogP contribution in [0.1, 0.15) is 58.8 Å². The molecule has 0 rings (SSSR count). The zero-order valence-corrected chi connectivity index (χ0v) is 11.8. The fraction of sp³-hybridized carbons (Fsp3) is 0.929. The van der Waals surface area contributed by atoms with E-state index >= 15 is 0 Å². The van der Waals surface area contributed by atoms with Gasteiger partial charge in [-0.3, -0.25) is 4.79 Å². The van der Waals surface area contributed by atoms with Crippen molar-refractivity contribution in [2.24, 2.45) is 5.92 Å². The van der Waals surface area contributed by atoms with Gasteiger partial charge < -0.3 is 15.5 Å². The molecule has 2 unspecified atom stereocenters. The first-order chi connectivity index (χ1) is 8.57. The van der Waals surface area contributed by atoms with Crippen LogP contribution in [0, 0.1) is 5.92 Å². The molecule has 0 bridgehead atoms. The second-order valence-electron chi connectivity index (χ2n) is 5.16. The van der Waals surface area contributed by atoms with Crippen molar-refractivity contribution in [1.29, 1.82) is 0 Å². The Labute approximate surface area is 111 Å². The van der Waals surface area contributed by atoms with Crippen molar-refractivity contribution in [2.75, 3.05) is 13.2 Å². The first-order valence-electron chi connectivity index (χ1n) is 7.15. The van der Waals surface area contributed by atoms with Crippen LogP contribution in [0.4, 0.5) is 0 Å². The Kier molecular flexibility index (Phi) is 11.1. The number of nitrogens with one attached hydrogen (secondary N) is 1. The minimum absolute atomic E-state index is 0.226. The Balaban J connectivity index is 3.32. The summed E-state index contributed by atoms with van der Waals surface area (Å²) in [7, 11) is 0. The highest BCUT2D eigenvalue weighted by Gasteiger charge is 2.10. The van der Waals surface area contributed by atoms with Crippen LogP contribution in [0.2, 0.25) is 0 Å². The average molecular weight is 259 g/mol. The lowest BCUT2D eigenvalue weighted by molar-refractivity contribution is -0.141. The maximum Gasteiger partial charge on any atom is 0.306 e. The van der Waals surface area contributed by atoms with Gasteiger partial charge in [-0.2, -0.15) is 0 Å². The van der Waals surface area contributed by atoms with Crippen LogP contribution < -0.4 is 5.32 Å². The minimum Gasteiger partial charge on any atom is -0.481 e. The third-order valence-corrected chi connectivity index (χ3v) is 3.27. The Morgan fingerprint density at radius 3 is 2.33 bits per heavy atom. The van der Waals surface area contributed by atoms with Gasteiger partial charge in [0.05, 0.1) is 5.92 Å². The summed E-state index contributed by atoms with van der Waals surface area (Å²) in [5, 5.41) is 20.8. The number of carboxylic acids is 1. The fourth-order valence-corrected chi connectivity index (χ4v) is 1.89. The maximum atomic E-state index is 10.6. The second kappa shape index (κ2) is 11.5. The summed E-state index contributed by atoms with van der Waals surface area (Å²) >= 11 is 0. The zero-order valence-electron chi connectivity index (χ0n) is 11.8. The Hall–Kier alpha value is -0.610. The van der Waals surface area contributed by atoms with Crippen molar-refractivity contribution < 1.29 is 15.0 Å². The molecule has 0 aliphatic rings. The Morgan fingerprint density at radius 1 is 1.06 bits per heavy atom. The first-order valence-corrected chi connectivity index (χ1v) is 7.15. The van der Waals surface area contributed by atoms with Crippen LogP contribution in [0.5, 0.6) is 0 Å². The van der Waals surface area contributed by atoms with Crippen molar-refractivity contribution in [3.63, 3.8) is 0 Å². The third kappa shape index (κ3) is 10.5. The van der Waals surface area contributed by atoms with Gasteiger partial charge in [0.2, 0.25) is 0 Å². The lowest BCUT2D eigenvalue weighted by Gasteiger charge is -2.14. The molecule has 0 amide bonds. The number of carboxylic acid groups (broad SMARTS) is 1.